The molecule has 0 heterocycles. The molecule has 0 saturated heterocycles. The van der Waals surface area contributed by atoms with Gasteiger partial charge < -0.3 is 10.4 Å². The van der Waals surface area contributed by atoms with Crippen LogP contribution in [-0.4, -0.2) is 11.0 Å². The monoisotopic (exact) mass is 219 g/mol. The number of aliphatic hydroxyl groups is 1. The van der Waals surface area contributed by atoms with Gasteiger partial charge in [0, 0.05) is 12.5 Å². The second kappa shape index (κ2) is 5.12. The molecule has 1 aromatic rings. The van der Waals surface area contributed by atoms with E-state index in [1.807, 2.05) is 24.3 Å². The number of nitrogens with one attached hydrogen (secondary N) is 1. The smallest absolute Gasteiger partial charge is 0.223 e. The molecule has 0 radical (unpaired) electrons. The van der Waals surface area contributed by atoms with E-state index in [0.717, 1.165) is 24.0 Å². The predicted molar refractivity (Wildman–Crippen MR) is 61.6 cm³/mol. The summed E-state index contributed by atoms with van der Waals surface area (Å²) in [7, 11) is 0. The zero-order valence-electron chi connectivity index (χ0n) is 9.28. The maximum atomic E-state index is 11.6. The average Bonchev–Trinajstić information content (AvgIpc) is 2.24. The zero-order valence-corrected chi connectivity index (χ0v) is 9.28. The lowest BCUT2D eigenvalue weighted by atomic mass is 9.85. The van der Waals surface area contributed by atoms with Gasteiger partial charge >= 0.3 is 0 Å². The fourth-order valence-corrected chi connectivity index (χ4v) is 1.88. The molecule has 1 aromatic carbocycles. The van der Waals surface area contributed by atoms with Crippen molar-refractivity contribution in [2.45, 2.75) is 32.4 Å². The van der Waals surface area contributed by atoms with Gasteiger partial charge in [0.1, 0.15) is 0 Å². The minimum atomic E-state index is 0.0233. The van der Waals surface area contributed by atoms with E-state index in [2.05, 4.69) is 5.32 Å². The Morgan fingerprint density at radius 2 is 2.00 bits per heavy atom. The Morgan fingerprint density at radius 1 is 1.31 bits per heavy atom. The Labute approximate surface area is 95.5 Å². The van der Waals surface area contributed by atoms with E-state index in [1.54, 1.807) is 0 Å². The van der Waals surface area contributed by atoms with Crippen molar-refractivity contribution < 1.29 is 9.90 Å². The summed E-state index contributed by atoms with van der Waals surface area (Å²) in [4.78, 5) is 11.6. The van der Waals surface area contributed by atoms with Crippen LogP contribution in [0.25, 0.3) is 0 Å². The number of hydrogen-bond acceptors (Lipinski definition) is 2. The van der Waals surface area contributed by atoms with Gasteiger partial charge in [0.15, 0.2) is 0 Å². The fourth-order valence-electron chi connectivity index (χ4n) is 1.88. The molecule has 86 valence electrons. The highest BCUT2D eigenvalue weighted by Crippen LogP contribution is 2.26. The number of carbonyl (C=O) groups excluding carboxylic acids is 1. The molecule has 0 aliphatic heterocycles. The second-order valence-corrected chi connectivity index (χ2v) is 4.27. The summed E-state index contributed by atoms with van der Waals surface area (Å²) in [5, 5.41) is 12.1. The third-order valence-electron chi connectivity index (χ3n) is 3.22. The van der Waals surface area contributed by atoms with Gasteiger partial charge in [-0.25, -0.2) is 0 Å². The van der Waals surface area contributed by atoms with Gasteiger partial charge in [0.05, 0.1) is 6.61 Å². The molecule has 1 aliphatic carbocycles. The molecule has 0 bridgehead atoms. The number of aliphatic hydroxyl groups excluding tert-OH is 1. The minimum Gasteiger partial charge on any atom is -0.392 e. The molecule has 0 unspecified atom stereocenters. The fraction of sp³-hybridized carbons (Fsp3) is 0.462. The van der Waals surface area contributed by atoms with E-state index in [-0.39, 0.29) is 18.4 Å². The third-order valence-corrected chi connectivity index (χ3v) is 3.22. The molecule has 1 aliphatic rings. The Balaban J connectivity index is 1.90. The predicted octanol–water partition coefficient (Wildman–Crippen LogP) is 1.60. The number of carbonyl (C=O) groups is 1. The summed E-state index contributed by atoms with van der Waals surface area (Å²) in [6.07, 6.45) is 3.21. The summed E-state index contributed by atoms with van der Waals surface area (Å²) in [5.41, 5.74) is 1.88. The number of amides is 1. The Morgan fingerprint density at radius 3 is 2.56 bits per heavy atom. The zero-order chi connectivity index (χ0) is 11.4. The van der Waals surface area contributed by atoms with E-state index >= 15 is 0 Å². The Bertz CT molecular complexity index is 372. The van der Waals surface area contributed by atoms with Crippen LogP contribution >= 0.6 is 0 Å². The molecule has 16 heavy (non-hydrogen) atoms. The van der Waals surface area contributed by atoms with Crippen molar-refractivity contribution in [2.75, 3.05) is 0 Å². The Hall–Kier alpha value is -1.35. The van der Waals surface area contributed by atoms with E-state index < -0.39 is 0 Å². The minimum absolute atomic E-state index is 0.0233. The molecule has 3 heteroatoms. The van der Waals surface area contributed by atoms with Crippen molar-refractivity contribution >= 4 is 5.91 Å². The van der Waals surface area contributed by atoms with Gasteiger partial charge in [0.2, 0.25) is 5.91 Å². The SMILES string of the molecule is O=C(NCc1ccccc1CO)C1CCC1. The quantitative estimate of drug-likeness (QED) is 0.808. The third kappa shape index (κ3) is 2.42. The molecule has 0 aromatic heterocycles. The maximum Gasteiger partial charge on any atom is 0.223 e. The molecule has 1 fully saturated rings. The van der Waals surface area contributed by atoms with Gasteiger partial charge in [-0.15, -0.1) is 0 Å². The number of hydrogen-bond donors (Lipinski definition) is 2. The highest BCUT2D eigenvalue weighted by atomic mass is 16.3. The van der Waals surface area contributed by atoms with Crippen LogP contribution in [0, 0.1) is 5.92 Å². The van der Waals surface area contributed by atoms with Crippen molar-refractivity contribution in [1.29, 1.82) is 0 Å². The van der Waals surface area contributed by atoms with Crippen LogP contribution in [0.15, 0.2) is 24.3 Å². The molecule has 2 rings (SSSR count). The topological polar surface area (TPSA) is 49.3 Å². The van der Waals surface area contributed by atoms with E-state index in [4.69, 9.17) is 5.11 Å². The van der Waals surface area contributed by atoms with Gasteiger partial charge in [-0.1, -0.05) is 30.7 Å². The van der Waals surface area contributed by atoms with Crippen molar-refractivity contribution in [2.24, 2.45) is 5.92 Å². The Kier molecular flexibility index (Phi) is 3.57. The van der Waals surface area contributed by atoms with E-state index in [9.17, 15) is 4.79 Å². The first-order chi connectivity index (χ1) is 7.81. The van der Waals surface area contributed by atoms with Crippen LogP contribution in [0.2, 0.25) is 0 Å². The van der Waals surface area contributed by atoms with Crippen LogP contribution in [0.1, 0.15) is 30.4 Å². The highest BCUT2D eigenvalue weighted by Gasteiger charge is 2.24. The summed E-state index contributed by atoms with van der Waals surface area (Å²) >= 11 is 0. The summed E-state index contributed by atoms with van der Waals surface area (Å²) in [6.45, 7) is 0.543. The normalized spacial score (nSPS) is 15.6. The molecule has 3 nitrogen and oxygen atoms in total. The average molecular weight is 219 g/mol. The van der Waals surface area contributed by atoms with Crippen LogP contribution in [-0.2, 0) is 17.9 Å². The number of benzene rings is 1. The molecule has 2 N–H and O–H groups in total. The largest absolute Gasteiger partial charge is 0.392 e. The molecular weight excluding hydrogens is 202 g/mol. The number of rotatable bonds is 4. The van der Waals surface area contributed by atoms with E-state index in [0.29, 0.717) is 6.54 Å². The first-order valence-electron chi connectivity index (χ1n) is 5.76. The lowest BCUT2D eigenvalue weighted by Gasteiger charge is -2.24. The molecule has 1 saturated carbocycles. The highest BCUT2D eigenvalue weighted by molar-refractivity contribution is 5.79. The van der Waals surface area contributed by atoms with Crippen molar-refractivity contribution in [3.8, 4) is 0 Å². The van der Waals surface area contributed by atoms with Gasteiger partial charge in [-0.05, 0) is 24.0 Å². The maximum absolute atomic E-state index is 11.6. The first kappa shape index (κ1) is 11.1. The summed E-state index contributed by atoms with van der Waals surface area (Å²) in [5.74, 6) is 0.375. The lowest BCUT2D eigenvalue weighted by Crippen LogP contribution is -2.34. The van der Waals surface area contributed by atoms with Crippen LogP contribution in [0.4, 0.5) is 0 Å². The van der Waals surface area contributed by atoms with Crippen LogP contribution < -0.4 is 5.32 Å². The van der Waals surface area contributed by atoms with Gasteiger partial charge in [0.25, 0.3) is 0 Å². The standard InChI is InChI=1S/C13H17NO2/c15-9-12-5-2-1-4-11(12)8-14-13(16)10-6-3-7-10/h1-2,4-5,10,15H,3,6-9H2,(H,14,16). The van der Waals surface area contributed by atoms with E-state index in [1.165, 1.54) is 6.42 Å². The van der Waals surface area contributed by atoms with Crippen LogP contribution in [0.5, 0.6) is 0 Å². The van der Waals surface area contributed by atoms with Crippen molar-refractivity contribution in [3.05, 3.63) is 35.4 Å². The van der Waals surface area contributed by atoms with Crippen molar-refractivity contribution in [3.63, 3.8) is 0 Å². The summed E-state index contributed by atoms with van der Waals surface area (Å²) < 4.78 is 0. The second-order valence-electron chi connectivity index (χ2n) is 4.27. The first-order valence-corrected chi connectivity index (χ1v) is 5.76. The molecule has 1 amide bonds. The molecule has 0 atom stereocenters. The van der Waals surface area contributed by atoms with Crippen LogP contribution in [0.3, 0.4) is 0 Å². The molecular formula is C13H17NO2. The lowest BCUT2D eigenvalue weighted by molar-refractivity contribution is -0.127. The van der Waals surface area contributed by atoms with Gasteiger partial charge in [-0.3, -0.25) is 4.79 Å². The summed E-state index contributed by atoms with van der Waals surface area (Å²) in [6, 6.07) is 7.63. The van der Waals surface area contributed by atoms with Crippen molar-refractivity contribution in [1.82, 2.24) is 5.32 Å². The van der Waals surface area contributed by atoms with Gasteiger partial charge in [-0.2, -0.15) is 0 Å². The molecule has 0 spiro atoms.